The van der Waals surface area contributed by atoms with Crippen molar-refractivity contribution in [1.82, 2.24) is 10.2 Å². The summed E-state index contributed by atoms with van der Waals surface area (Å²) in [5.74, 6) is 0.625. The number of carbonyl (C=O) groups excluding carboxylic acids is 2. The molecule has 3 rings (SSSR count). The molecule has 0 unspecified atom stereocenters. The summed E-state index contributed by atoms with van der Waals surface area (Å²) in [4.78, 5) is 26.9. The number of rotatable bonds is 9. The minimum Gasteiger partial charge on any atom is -0.490 e. The molecule has 7 nitrogen and oxygen atoms in total. The Hall–Kier alpha value is -2.93. The van der Waals surface area contributed by atoms with Crippen LogP contribution in [0.2, 0.25) is 5.02 Å². The third-order valence-corrected chi connectivity index (χ3v) is 5.33. The lowest BCUT2D eigenvalue weighted by atomic mass is 10.1. The number of hydrogen-bond donors (Lipinski definition) is 2. The SMILES string of the molecule is CCCOc1c(Cl)cc(C(=O)NCc2cccc(NC(=O)N3CCCC3)c2)cc1OCC. The largest absolute Gasteiger partial charge is 0.490 e. The van der Waals surface area contributed by atoms with Crippen LogP contribution in [0.1, 0.15) is 49.0 Å². The molecule has 1 saturated heterocycles. The van der Waals surface area contributed by atoms with E-state index in [1.54, 1.807) is 12.1 Å². The zero-order valence-electron chi connectivity index (χ0n) is 18.6. The van der Waals surface area contributed by atoms with E-state index in [0.29, 0.717) is 47.5 Å². The second kappa shape index (κ2) is 11.6. The number of carbonyl (C=O) groups is 2. The topological polar surface area (TPSA) is 79.9 Å². The standard InChI is InChI=1S/C24H30ClN3O4/c1-3-12-32-22-20(25)14-18(15-21(22)31-4-2)23(29)26-16-17-8-7-9-19(13-17)27-24(30)28-10-5-6-11-28/h7-9,13-15H,3-6,10-12,16H2,1-2H3,(H,26,29)(H,27,30). The van der Waals surface area contributed by atoms with Gasteiger partial charge >= 0.3 is 6.03 Å². The normalized spacial score (nSPS) is 13.0. The lowest BCUT2D eigenvalue weighted by Crippen LogP contribution is -2.32. The average Bonchev–Trinajstić information content (AvgIpc) is 3.32. The molecule has 1 fully saturated rings. The maximum Gasteiger partial charge on any atom is 0.321 e. The molecule has 0 saturated carbocycles. The lowest BCUT2D eigenvalue weighted by molar-refractivity contribution is 0.0950. The first-order valence-electron chi connectivity index (χ1n) is 11.0. The molecule has 0 bridgehead atoms. The molecule has 2 N–H and O–H groups in total. The van der Waals surface area contributed by atoms with E-state index in [0.717, 1.165) is 37.9 Å². The number of hydrogen-bond acceptors (Lipinski definition) is 4. The van der Waals surface area contributed by atoms with Gasteiger partial charge in [0.05, 0.1) is 18.2 Å². The van der Waals surface area contributed by atoms with E-state index >= 15 is 0 Å². The summed E-state index contributed by atoms with van der Waals surface area (Å²) >= 11 is 6.36. The number of nitrogens with zero attached hydrogens (tertiary/aromatic N) is 1. The van der Waals surface area contributed by atoms with Gasteiger partial charge < -0.3 is 25.0 Å². The van der Waals surface area contributed by atoms with Gasteiger partial charge in [-0.1, -0.05) is 30.7 Å². The van der Waals surface area contributed by atoms with Gasteiger partial charge in [0.1, 0.15) is 0 Å². The average molecular weight is 460 g/mol. The minimum atomic E-state index is -0.276. The van der Waals surface area contributed by atoms with Gasteiger partial charge in [-0.05, 0) is 56.0 Å². The summed E-state index contributed by atoms with van der Waals surface area (Å²) in [5.41, 5.74) is 1.96. The van der Waals surface area contributed by atoms with Gasteiger partial charge in [0, 0.05) is 30.9 Å². The van der Waals surface area contributed by atoms with Crippen LogP contribution in [-0.2, 0) is 6.54 Å². The third kappa shape index (κ3) is 6.29. The molecule has 0 aromatic heterocycles. The van der Waals surface area contributed by atoms with E-state index in [1.165, 1.54) is 0 Å². The van der Waals surface area contributed by atoms with Crippen molar-refractivity contribution in [2.24, 2.45) is 0 Å². The van der Waals surface area contributed by atoms with Gasteiger partial charge in [-0.3, -0.25) is 4.79 Å². The van der Waals surface area contributed by atoms with Crippen molar-refractivity contribution in [2.75, 3.05) is 31.6 Å². The molecule has 1 heterocycles. The van der Waals surface area contributed by atoms with Crippen LogP contribution >= 0.6 is 11.6 Å². The number of ether oxygens (including phenoxy) is 2. The number of halogens is 1. The van der Waals surface area contributed by atoms with Gasteiger partial charge in [-0.25, -0.2) is 4.79 Å². The number of anilines is 1. The summed E-state index contributed by atoms with van der Waals surface area (Å²) in [5, 5.41) is 6.15. The Morgan fingerprint density at radius 3 is 2.59 bits per heavy atom. The number of amides is 3. The van der Waals surface area contributed by atoms with Gasteiger partial charge in [-0.2, -0.15) is 0 Å². The predicted molar refractivity (Wildman–Crippen MR) is 126 cm³/mol. The maximum absolute atomic E-state index is 12.7. The van der Waals surface area contributed by atoms with Crippen molar-refractivity contribution < 1.29 is 19.1 Å². The van der Waals surface area contributed by atoms with E-state index in [4.69, 9.17) is 21.1 Å². The zero-order chi connectivity index (χ0) is 22.9. The third-order valence-electron chi connectivity index (χ3n) is 5.05. The summed E-state index contributed by atoms with van der Waals surface area (Å²) in [6, 6.07) is 10.6. The Labute approximate surface area is 194 Å². The molecular formula is C24H30ClN3O4. The van der Waals surface area contributed by atoms with Crippen LogP contribution in [-0.4, -0.2) is 43.1 Å². The molecule has 0 atom stereocenters. The molecule has 1 aliphatic rings. The first kappa shape index (κ1) is 23.7. The van der Waals surface area contributed by atoms with Crippen molar-refractivity contribution in [1.29, 1.82) is 0 Å². The van der Waals surface area contributed by atoms with Gasteiger partial charge in [0.25, 0.3) is 5.91 Å². The van der Waals surface area contributed by atoms with Crippen molar-refractivity contribution >= 4 is 29.2 Å². The fraction of sp³-hybridized carbons (Fsp3) is 0.417. The van der Waals surface area contributed by atoms with Crippen LogP contribution in [0.3, 0.4) is 0 Å². The molecule has 2 aromatic rings. The highest BCUT2D eigenvalue weighted by atomic mass is 35.5. The van der Waals surface area contributed by atoms with Crippen LogP contribution in [0.4, 0.5) is 10.5 Å². The predicted octanol–water partition coefficient (Wildman–Crippen LogP) is 5.09. The number of nitrogens with one attached hydrogen (secondary N) is 2. The summed E-state index contributed by atoms with van der Waals surface area (Å²) in [7, 11) is 0. The molecular weight excluding hydrogens is 430 g/mol. The van der Waals surface area contributed by atoms with E-state index < -0.39 is 0 Å². The smallest absolute Gasteiger partial charge is 0.321 e. The Kier molecular flexibility index (Phi) is 8.62. The first-order chi connectivity index (χ1) is 15.5. The molecule has 0 spiro atoms. The summed E-state index contributed by atoms with van der Waals surface area (Å²) in [6.45, 7) is 6.69. The van der Waals surface area contributed by atoms with Crippen LogP contribution in [0.5, 0.6) is 11.5 Å². The fourth-order valence-corrected chi connectivity index (χ4v) is 3.74. The van der Waals surface area contributed by atoms with Crippen LogP contribution in [0.25, 0.3) is 0 Å². The minimum absolute atomic E-state index is 0.0906. The zero-order valence-corrected chi connectivity index (χ0v) is 19.3. The van der Waals surface area contributed by atoms with E-state index in [2.05, 4.69) is 10.6 Å². The highest BCUT2D eigenvalue weighted by Crippen LogP contribution is 2.36. The van der Waals surface area contributed by atoms with Crippen LogP contribution in [0.15, 0.2) is 36.4 Å². The maximum atomic E-state index is 12.7. The number of benzene rings is 2. The Morgan fingerprint density at radius 2 is 1.88 bits per heavy atom. The van der Waals surface area contributed by atoms with Gasteiger partial charge in [0.15, 0.2) is 11.5 Å². The van der Waals surface area contributed by atoms with Crippen LogP contribution in [0, 0.1) is 0 Å². The second-order valence-electron chi connectivity index (χ2n) is 7.57. The molecule has 0 radical (unpaired) electrons. The molecule has 2 aromatic carbocycles. The van der Waals surface area contributed by atoms with E-state index in [1.807, 2.05) is 43.0 Å². The molecule has 8 heteroatoms. The fourth-order valence-electron chi connectivity index (χ4n) is 3.47. The highest BCUT2D eigenvalue weighted by Gasteiger charge is 2.18. The van der Waals surface area contributed by atoms with Crippen molar-refractivity contribution in [3.63, 3.8) is 0 Å². The monoisotopic (exact) mass is 459 g/mol. The van der Waals surface area contributed by atoms with E-state index in [9.17, 15) is 9.59 Å². The Morgan fingerprint density at radius 1 is 1.09 bits per heavy atom. The lowest BCUT2D eigenvalue weighted by Gasteiger charge is -2.17. The summed E-state index contributed by atoms with van der Waals surface area (Å²) < 4.78 is 11.3. The van der Waals surface area contributed by atoms with Gasteiger partial charge in [-0.15, -0.1) is 0 Å². The quantitative estimate of drug-likeness (QED) is 0.547. The van der Waals surface area contributed by atoms with Crippen molar-refractivity contribution in [3.05, 3.63) is 52.5 Å². The van der Waals surface area contributed by atoms with Crippen LogP contribution < -0.4 is 20.1 Å². The second-order valence-corrected chi connectivity index (χ2v) is 7.98. The number of urea groups is 1. The van der Waals surface area contributed by atoms with E-state index in [-0.39, 0.29) is 11.9 Å². The molecule has 32 heavy (non-hydrogen) atoms. The molecule has 3 amide bonds. The Bertz CT molecular complexity index is 945. The molecule has 1 aliphatic heterocycles. The van der Waals surface area contributed by atoms with Crippen molar-refractivity contribution in [2.45, 2.75) is 39.7 Å². The molecule has 0 aliphatic carbocycles. The highest BCUT2D eigenvalue weighted by molar-refractivity contribution is 6.32. The Balaban J connectivity index is 1.64. The summed E-state index contributed by atoms with van der Waals surface area (Å²) in [6.07, 6.45) is 2.92. The van der Waals surface area contributed by atoms with Gasteiger partial charge in [0.2, 0.25) is 0 Å². The van der Waals surface area contributed by atoms with Crippen molar-refractivity contribution in [3.8, 4) is 11.5 Å². The number of likely N-dealkylation sites (tertiary alicyclic amines) is 1. The first-order valence-corrected chi connectivity index (χ1v) is 11.4. The molecule has 172 valence electrons.